The SMILES string of the molecule is Cc1cc(NC(=O)[C@H]2[C@@H]3C(=O)N(CCC(C)C)[C@@H](C(=O)NC(C)(C)C)[C@@]34C=C[C@]2(C)O4)no1. The molecule has 9 heteroatoms. The van der Waals surface area contributed by atoms with Gasteiger partial charge < -0.3 is 24.8 Å². The van der Waals surface area contributed by atoms with Gasteiger partial charge in [0.2, 0.25) is 17.7 Å². The second-order valence-corrected chi connectivity index (χ2v) is 11.1. The number of carbonyl (C=O) groups is 3. The Hall–Kier alpha value is -2.68. The summed E-state index contributed by atoms with van der Waals surface area (Å²) in [5.74, 6) is -1.29. The van der Waals surface area contributed by atoms with E-state index in [1.54, 1.807) is 24.8 Å². The number of rotatable bonds is 6. The molecule has 0 radical (unpaired) electrons. The minimum absolute atomic E-state index is 0.228. The highest BCUT2D eigenvalue weighted by atomic mass is 16.5. The summed E-state index contributed by atoms with van der Waals surface area (Å²) in [6.07, 6.45) is 4.38. The third-order valence-corrected chi connectivity index (χ3v) is 6.65. The first-order valence-electron chi connectivity index (χ1n) is 11.5. The van der Waals surface area contributed by atoms with E-state index in [9.17, 15) is 14.4 Å². The normalized spacial score (nSPS) is 32.5. The average molecular weight is 459 g/mol. The molecule has 3 amide bonds. The van der Waals surface area contributed by atoms with Gasteiger partial charge in [-0.05, 0) is 47.0 Å². The molecule has 0 aliphatic carbocycles. The molecule has 4 heterocycles. The van der Waals surface area contributed by atoms with Gasteiger partial charge in [-0.15, -0.1) is 0 Å². The number of likely N-dealkylation sites (tertiary alicyclic amines) is 1. The van der Waals surface area contributed by atoms with E-state index in [1.807, 2.05) is 32.9 Å². The lowest BCUT2D eigenvalue weighted by Gasteiger charge is -2.35. The molecule has 1 aromatic heterocycles. The van der Waals surface area contributed by atoms with Gasteiger partial charge in [0.15, 0.2) is 5.82 Å². The number of nitrogens with zero attached hydrogens (tertiary/aromatic N) is 2. The van der Waals surface area contributed by atoms with Gasteiger partial charge in [-0.25, -0.2) is 0 Å². The summed E-state index contributed by atoms with van der Waals surface area (Å²) in [5, 5.41) is 9.62. The Morgan fingerprint density at radius 1 is 1.24 bits per heavy atom. The van der Waals surface area contributed by atoms with Gasteiger partial charge in [-0.2, -0.15) is 0 Å². The Morgan fingerprint density at radius 3 is 2.52 bits per heavy atom. The van der Waals surface area contributed by atoms with Gasteiger partial charge >= 0.3 is 0 Å². The van der Waals surface area contributed by atoms with Gasteiger partial charge in [-0.1, -0.05) is 31.2 Å². The smallest absolute Gasteiger partial charge is 0.246 e. The molecule has 0 unspecified atom stereocenters. The summed E-state index contributed by atoms with van der Waals surface area (Å²) in [6, 6.07) is 0.767. The molecule has 1 aromatic rings. The molecule has 4 rings (SSSR count). The van der Waals surface area contributed by atoms with Crippen LogP contribution in [0.4, 0.5) is 5.82 Å². The number of aromatic nitrogens is 1. The number of hydrogen-bond donors (Lipinski definition) is 2. The standard InChI is InChI=1S/C24H34N4O5/c1-13(2)8-11-28-18(20(30)26-22(4,5)6)24-10-9-23(7,33-24)16(17(24)21(28)31)19(29)25-15-12-14(3)32-27-15/h9-10,12-13,16-18H,8,11H2,1-7H3,(H,26,30)(H,25,27,29)/t16-,17-,18+,23+,24-/m1/s1. The molecule has 33 heavy (non-hydrogen) atoms. The number of carbonyl (C=O) groups excluding carboxylic acids is 3. The van der Waals surface area contributed by atoms with Crippen molar-refractivity contribution >= 4 is 23.5 Å². The first-order chi connectivity index (χ1) is 15.3. The van der Waals surface area contributed by atoms with Crippen LogP contribution >= 0.6 is 0 Å². The second-order valence-electron chi connectivity index (χ2n) is 11.1. The average Bonchev–Trinajstić information content (AvgIpc) is 3.36. The quantitative estimate of drug-likeness (QED) is 0.633. The van der Waals surface area contributed by atoms with Crippen molar-refractivity contribution in [3.63, 3.8) is 0 Å². The Kier molecular flexibility index (Phi) is 5.47. The topological polar surface area (TPSA) is 114 Å². The van der Waals surface area contributed by atoms with Gasteiger partial charge in [-0.3, -0.25) is 14.4 Å². The lowest BCUT2D eigenvalue weighted by molar-refractivity contribution is -0.144. The van der Waals surface area contributed by atoms with Gasteiger partial charge in [0, 0.05) is 18.2 Å². The van der Waals surface area contributed by atoms with Crippen molar-refractivity contribution in [3.8, 4) is 0 Å². The maximum Gasteiger partial charge on any atom is 0.246 e. The van der Waals surface area contributed by atoms with E-state index in [1.165, 1.54) is 0 Å². The molecule has 2 saturated heterocycles. The first-order valence-corrected chi connectivity index (χ1v) is 11.5. The van der Waals surface area contributed by atoms with Gasteiger partial charge in [0.05, 0.1) is 17.4 Å². The molecular weight excluding hydrogens is 424 g/mol. The van der Waals surface area contributed by atoms with E-state index in [0.717, 1.165) is 6.42 Å². The summed E-state index contributed by atoms with van der Waals surface area (Å²) in [5.41, 5.74) is -2.68. The van der Waals surface area contributed by atoms with Crippen molar-refractivity contribution < 1.29 is 23.6 Å². The van der Waals surface area contributed by atoms with E-state index in [0.29, 0.717) is 18.2 Å². The van der Waals surface area contributed by atoms with Crippen molar-refractivity contribution in [2.75, 3.05) is 11.9 Å². The number of fused-ring (bicyclic) bond motifs is 1. The molecule has 3 aliphatic rings. The van der Waals surface area contributed by atoms with Gasteiger partial charge in [0.1, 0.15) is 17.4 Å². The summed E-state index contributed by atoms with van der Waals surface area (Å²) in [6.45, 7) is 13.8. The fraction of sp³-hybridized carbons (Fsp3) is 0.667. The number of ether oxygens (including phenoxy) is 1. The van der Waals surface area contributed by atoms with Crippen LogP contribution in [0.15, 0.2) is 22.7 Å². The first kappa shape index (κ1) is 23.5. The number of aryl methyl sites for hydroxylation is 1. The Balaban J connectivity index is 1.71. The minimum atomic E-state index is -1.19. The lowest BCUT2D eigenvalue weighted by Crippen LogP contribution is -2.58. The highest BCUT2D eigenvalue weighted by molar-refractivity contribution is 6.03. The van der Waals surface area contributed by atoms with Crippen LogP contribution < -0.4 is 10.6 Å². The maximum atomic E-state index is 13.8. The van der Waals surface area contributed by atoms with Crippen molar-refractivity contribution in [2.24, 2.45) is 17.8 Å². The lowest BCUT2D eigenvalue weighted by atomic mass is 9.70. The van der Waals surface area contributed by atoms with E-state index in [-0.39, 0.29) is 23.5 Å². The van der Waals surface area contributed by atoms with Crippen LogP contribution in [0, 0.1) is 24.7 Å². The molecule has 180 valence electrons. The van der Waals surface area contributed by atoms with Crippen molar-refractivity contribution in [1.29, 1.82) is 0 Å². The predicted molar refractivity (Wildman–Crippen MR) is 121 cm³/mol. The van der Waals surface area contributed by atoms with E-state index in [2.05, 4.69) is 29.6 Å². The molecule has 9 nitrogen and oxygen atoms in total. The fourth-order valence-electron chi connectivity index (χ4n) is 5.33. The third-order valence-electron chi connectivity index (χ3n) is 6.65. The van der Waals surface area contributed by atoms with Crippen LogP contribution in [0.3, 0.4) is 0 Å². The Bertz CT molecular complexity index is 1010. The molecule has 2 fully saturated rings. The number of nitrogens with one attached hydrogen (secondary N) is 2. The van der Waals surface area contributed by atoms with Crippen molar-refractivity contribution in [1.82, 2.24) is 15.4 Å². The number of anilines is 1. The zero-order valence-corrected chi connectivity index (χ0v) is 20.4. The van der Waals surface area contributed by atoms with Crippen LogP contribution in [0.5, 0.6) is 0 Å². The molecule has 5 atom stereocenters. The second kappa shape index (κ2) is 7.68. The van der Waals surface area contributed by atoms with E-state index < -0.39 is 34.6 Å². The summed E-state index contributed by atoms with van der Waals surface area (Å²) >= 11 is 0. The van der Waals surface area contributed by atoms with Crippen LogP contribution in [0.2, 0.25) is 0 Å². The minimum Gasteiger partial charge on any atom is -0.360 e. The molecular formula is C24H34N4O5. The number of hydrogen-bond acceptors (Lipinski definition) is 6. The van der Waals surface area contributed by atoms with Crippen LogP contribution in [0.25, 0.3) is 0 Å². The summed E-state index contributed by atoms with van der Waals surface area (Å²) < 4.78 is 11.5. The Morgan fingerprint density at radius 2 is 1.94 bits per heavy atom. The largest absolute Gasteiger partial charge is 0.360 e. The van der Waals surface area contributed by atoms with Crippen LogP contribution in [0.1, 0.15) is 53.7 Å². The molecule has 1 spiro atoms. The zero-order chi connectivity index (χ0) is 24.3. The molecule has 0 saturated carbocycles. The molecule has 2 bridgehead atoms. The fourth-order valence-corrected chi connectivity index (χ4v) is 5.33. The Labute approximate surface area is 194 Å². The molecule has 2 N–H and O–H groups in total. The monoisotopic (exact) mass is 458 g/mol. The highest BCUT2D eigenvalue weighted by Crippen LogP contribution is 2.59. The zero-order valence-electron chi connectivity index (χ0n) is 20.4. The maximum absolute atomic E-state index is 13.8. The summed E-state index contributed by atoms with van der Waals surface area (Å²) in [4.78, 5) is 42.3. The highest BCUT2D eigenvalue weighted by Gasteiger charge is 2.76. The van der Waals surface area contributed by atoms with Crippen LogP contribution in [-0.2, 0) is 19.1 Å². The number of amides is 3. The molecule has 0 aromatic carbocycles. The van der Waals surface area contributed by atoms with E-state index >= 15 is 0 Å². The third kappa shape index (κ3) is 3.86. The van der Waals surface area contributed by atoms with Crippen molar-refractivity contribution in [3.05, 3.63) is 24.0 Å². The van der Waals surface area contributed by atoms with Crippen LogP contribution in [-0.4, -0.2) is 57.1 Å². The predicted octanol–water partition coefficient (Wildman–Crippen LogP) is 2.42. The summed E-state index contributed by atoms with van der Waals surface area (Å²) in [7, 11) is 0. The van der Waals surface area contributed by atoms with E-state index in [4.69, 9.17) is 9.26 Å². The van der Waals surface area contributed by atoms with Crippen molar-refractivity contribution in [2.45, 2.75) is 77.7 Å². The van der Waals surface area contributed by atoms with Gasteiger partial charge in [0.25, 0.3) is 0 Å². The molecule has 3 aliphatic heterocycles.